The number of carbonyl (C=O) groups excluding carboxylic acids is 2. The Kier molecular flexibility index (Phi) is 43.7. The zero-order chi connectivity index (χ0) is 40.8. The molecule has 1 amide bonds. The summed E-state index contributed by atoms with van der Waals surface area (Å²) in [5.74, 6) is -0.155. The standard InChI is InChI=1S/C50H91NO5/c1-3-5-7-9-11-13-15-16-17-18-19-20-21-23-28-32-36-40-44-50(55)56-45-41-37-33-29-25-24-27-31-35-39-43-49(54)51-47(46-52)48(53)42-38-34-30-26-22-14-12-10-8-6-4-2/h13,15,17-18,25,29,38,42,47-48,52-53H,3-12,14,16,19-24,26-28,30-37,39-41,43-46H2,1-2H3,(H,51,54)/b15-13-,18-17-,29-25-,42-38+. The molecule has 0 aliphatic heterocycles. The quantitative estimate of drug-likeness (QED) is 0.0325. The van der Waals surface area contributed by atoms with E-state index in [1.165, 1.54) is 122 Å². The average molecular weight is 786 g/mol. The second-order valence-corrected chi connectivity index (χ2v) is 16.1. The van der Waals surface area contributed by atoms with Gasteiger partial charge in [0.2, 0.25) is 5.91 Å². The van der Waals surface area contributed by atoms with Crippen LogP contribution >= 0.6 is 0 Å². The minimum absolute atomic E-state index is 0.0473. The van der Waals surface area contributed by atoms with Crippen LogP contribution < -0.4 is 5.32 Å². The Morgan fingerprint density at radius 3 is 1.39 bits per heavy atom. The highest BCUT2D eigenvalue weighted by molar-refractivity contribution is 5.76. The van der Waals surface area contributed by atoms with E-state index in [1.807, 2.05) is 6.08 Å². The van der Waals surface area contributed by atoms with Gasteiger partial charge >= 0.3 is 5.97 Å². The average Bonchev–Trinajstić information content (AvgIpc) is 3.20. The van der Waals surface area contributed by atoms with E-state index in [9.17, 15) is 19.8 Å². The minimum Gasteiger partial charge on any atom is -0.466 e. The summed E-state index contributed by atoms with van der Waals surface area (Å²) in [4.78, 5) is 24.4. The van der Waals surface area contributed by atoms with Crippen molar-refractivity contribution in [2.75, 3.05) is 13.2 Å². The van der Waals surface area contributed by atoms with Crippen molar-refractivity contribution >= 4 is 11.9 Å². The van der Waals surface area contributed by atoms with Crippen LogP contribution in [0.3, 0.4) is 0 Å². The van der Waals surface area contributed by atoms with E-state index in [-0.39, 0.29) is 18.5 Å². The predicted molar refractivity (Wildman–Crippen MR) is 241 cm³/mol. The Labute approximate surface area is 346 Å². The first-order chi connectivity index (χ1) is 27.5. The number of carbonyl (C=O) groups is 2. The van der Waals surface area contributed by atoms with Gasteiger partial charge in [-0.15, -0.1) is 0 Å². The number of hydrogen-bond acceptors (Lipinski definition) is 5. The number of amides is 1. The van der Waals surface area contributed by atoms with Gasteiger partial charge in [0.1, 0.15) is 0 Å². The molecule has 0 aliphatic carbocycles. The number of hydrogen-bond donors (Lipinski definition) is 3. The number of aliphatic hydroxyl groups is 2. The van der Waals surface area contributed by atoms with E-state index in [4.69, 9.17) is 4.74 Å². The van der Waals surface area contributed by atoms with Crippen molar-refractivity contribution in [2.24, 2.45) is 0 Å². The first kappa shape index (κ1) is 53.8. The third-order valence-corrected chi connectivity index (χ3v) is 10.6. The Bertz CT molecular complexity index is 957. The summed E-state index contributed by atoms with van der Waals surface area (Å²) >= 11 is 0. The molecule has 0 rings (SSSR count). The van der Waals surface area contributed by atoms with Crippen molar-refractivity contribution in [3.05, 3.63) is 48.6 Å². The molecule has 0 saturated heterocycles. The third kappa shape index (κ3) is 41.5. The number of rotatable bonds is 43. The number of nitrogens with one attached hydrogen (secondary N) is 1. The Hall–Kier alpha value is -2.18. The summed E-state index contributed by atoms with van der Waals surface area (Å²) in [7, 11) is 0. The highest BCUT2D eigenvalue weighted by Crippen LogP contribution is 2.13. The van der Waals surface area contributed by atoms with E-state index < -0.39 is 12.1 Å². The fraction of sp³-hybridized carbons (Fsp3) is 0.800. The first-order valence-electron chi connectivity index (χ1n) is 23.9. The molecule has 0 aromatic carbocycles. The first-order valence-corrected chi connectivity index (χ1v) is 23.9. The van der Waals surface area contributed by atoms with E-state index in [1.54, 1.807) is 6.08 Å². The van der Waals surface area contributed by atoms with Crippen molar-refractivity contribution in [1.82, 2.24) is 5.32 Å². The summed E-state index contributed by atoms with van der Waals surface area (Å²) in [5, 5.41) is 22.9. The van der Waals surface area contributed by atoms with Crippen LogP contribution in [0, 0.1) is 0 Å². The predicted octanol–water partition coefficient (Wildman–Crippen LogP) is 13.9. The molecule has 0 bridgehead atoms. The van der Waals surface area contributed by atoms with Crippen molar-refractivity contribution in [3.8, 4) is 0 Å². The molecule has 0 aromatic rings. The molecule has 6 nitrogen and oxygen atoms in total. The SMILES string of the molecule is CCCCCC/C=C\C/C=C\CCCCCCCCCC(=O)OCCCC/C=C\CCCCCCC(=O)NC(CO)C(O)/C=C/CCCCCCCCCCC. The summed E-state index contributed by atoms with van der Waals surface area (Å²) in [6, 6.07) is -0.653. The number of esters is 1. The molecular weight excluding hydrogens is 695 g/mol. The molecule has 6 heteroatoms. The Balaban J connectivity index is 3.56. The van der Waals surface area contributed by atoms with Crippen molar-refractivity contribution in [1.29, 1.82) is 0 Å². The highest BCUT2D eigenvalue weighted by Gasteiger charge is 2.18. The molecule has 56 heavy (non-hydrogen) atoms. The minimum atomic E-state index is -0.866. The molecule has 0 heterocycles. The number of aliphatic hydroxyl groups excluding tert-OH is 2. The fourth-order valence-corrected chi connectivity index (χ4v) is 6.83. The van der Waals surface area contributed by atoms with Crippen LogP contribution in [0.2, 0.25) is 0 Å². The van der Waals surface area contributed by atoms with Gasteiger partial charge < -0.3 is 20.3 Å². The zero-order valence-electron chi connectivity index (χ0n) is 36.8. The number of ether oxygens (including phenoxy) is 1. The van der Waals surface area contributed by atoms with E-state index in [0.717, 1.165) is 83.5 Å². The fourth-order valence-electron chi connectivity index (χ4n) is 6.83. The van der Waals surface area contributed by atoms with Crippen LogP contribution in [0.25, 0.3) is 0 Å². The summed E-state index contributed by atoms with van der Waals surface area (Å²) in [6.45, 7) is 4.76. The van der Waals surface area contributed by atoms with Crippen LogP contribution in [-0.2, 0) is 14.3 Å². The summed E-state index contributed by atoms with van der Waals surface area (Å²) < 4.78 is 5.43. The topological polar surface area (TPSA) is 95.9 Å². The number of allylic oxidation sites excluding steroid dienone is 7. The largest absolute Gasteiger partial charge is 0.466 e. The smallest absolute Gasteiger partial charge is 0.305 e. The van der Waals surface area contributed by atoms with Crippen molar-refractivity contribution in [2.45, 2.75) is 244 Å². The number of unbranched alkanes of at least 4 members (excludes halogenated alkanes) is 26. The van der Waals surface area contributed by atoms with E-state index in [2.05, 4.69) is 55.6 Å². The van der Waals surface area contributed by atoms with Crippen LogP contribution in [0.1, 0.15) is 232 Å². The lowest BCUT2D eigenvalue weighted by Gasteiger charge is -2.20. The monoisotopic (exact) mass is 786 g/mol. The second kappa shape index (κ2) is 45.5. The maximum Gasteiger partial charge on any atom is 0.305 e. The van der Waals surface area contributed by atoms with Gasteiger partial charge in [0.15, 0.2) is 0 Å². The zero-order valence-corrected chi connectivity index (χ0v) is 36.8. The van der Waals surface area contributed by atoms with Crippen molar-refractivity contribution < 1.29 is 24.5 Å². The summed E-state index contributed by atoms with van der Waals surface area (Å²) in [6.07, 6.45) is 55.3. The normalized spacial score (nSPS) is 13.1. The van der Waals surface area contributed by atoms with Gasteiger partial charge in [-0.25, -0.2) is 0 Å². The van der Waals surface area contributed by atoms with Crippen molar-refractivity contribution in [3.63, 3.8) is 0 Å². The molecule has 3 N–H and O–H groups in total. The third-order valence-electron chi connectivity index (χ3n) is 10.6. The molecule has 0 aromatic heterocycles. The van der Waals surface area contributed by atoms with Crippen LogP contribution in [0.5, 0.6) is 0 Å². The van der Waals surface area contributed by atoms with Gasteiger partial charge in [0.25, 0.3) is 0 Å². The maximum absolute atomic E-state index is 12.4. The Morgan fingerprint density at radius 1 is 0.500 bits per heavy atom. The molecule has 2 unspecified atom stereocenters. The Morgan fingerprint density at radius 2 is 0.893 bits per heavy atom. The van der Waals surface area contributed by atoms with Crippen LogP contribution in [-0.4, -0.2) is 47.4 Å². The van der Waals surface area contributed by atoms with Gasteiger partial charge in [0, 0.05) is 12.8 Å². The maximum atomic E-state index is 12.4. The molecule has 0 radical (unpaired) electrons. The molecule has 326 valence electrons. The van der Waals surface area contributed by atoms with Crippen LogP contribution in [0.4, 0.5) is 0 Å². The lowest BCUT2D eigenvalue weighted by molar-refractivity contribution is -0.143. The van der Waals surface area contributed by atoms with Gasteiger partial charge in [-0.1, -0.05) is 178 Å². The molecular formula is C50H91NO5. The van der Waals surface area contributed by atoms with Gasteiger partial charge in [-0.3, -0.25) is 9.59 Å². The lowest BCUT2D eigenvalue weighted by Crippen LogP contribution is -2.45. The lowest BCUT2D eigenvalue weighted by atomic mass is 10.1. The van der Waals surface area contributed by atoms with E-state index in [0.29, 0.717) is 19.4 Å². The van der Waals surface area contributed by atoms with E-state index >= 15 is 0 Å². The van der Waals surface area contributed by atoms with Gasteiger partial charge in [0.05, 0.1) is 25.4 Å². The summed E-state index contributed by atoms with van der Waals surface area (Å²) in [5.41, 5.74) is 0. The molecule has 0 spiro atoms. The molecule has 0 fully saturated rings. The molecule has 0 aliphatic rings. The molecule has 0 saturated carbocycles. The highest BCUT2D eigenvalue weighted by atomic mass is 16.5. The second-order valence-electron chi connectivity index (χ2n) is 16.1. The van der Waals surface area contributed by atoms with Gasteiger partial charge in [-0.05, 0) is 89.9 Å². The van der Waals surface area contributed by atoms with Gasteiger partial charge in [-0.2, -0.15) is 0 Å². The molecule has 2 atom stereocenters. The van der Waals surface area contributed by atoms with Crippen LogP contribution in [0.15, 0.2) is 48.6 Å².